The predicted octanol–water partition coefficient (Wildman–Crippen LogP) is 4.94. The van der Waals surface area contributed by atoms with Gasteiger partial charge in [0, 0.05) is 47.9 Å². The van der Waals surface area contributed by atoms with Gasteiger partial charge in [-0.15, -0.1) is 0 Å². The summed E-state index contributed by atoms with van der Waals surface area (Å²) in [6.45, 7) is 2.55. The van der Waals surface area contributed by atoms with Crippen molar-refractivity contribution in [3.63, 3.8) is 0 Å². The van der Waals surface area contributed by atoms with E-state index in [1.807, 2.05) is 6.92 Å². The Hall–Kier alpha value is -3.82. The van der Waals surface area contributed by atoms with Crippen LogP contribution in [0.4, 0.5) is 4.39 Å². The number of hydrogen-bond acceptors (Lipinski definition) is 5. The highest BCUT2D eigenvalue weighted by Crippen LogP contribution is 2.34. The van der Waals surface area contributed by atoms with E-state index in [0.717, 1.165) is 16.5 Å². The molecular weight excluding hydrogens is 461 g/mol. The van der Waals surface area contributed by atoms with Gasteiger partial charge in [0.15, 0.2) is 0 Å². The van der Waals surface area contributed by atoms with E-state index in [-0.39, 0.29) is 11.7 Å². The predicted molar refractivity (Wildman–Crippen MR) is 137 cm³/mol. The number of halogens is 1. The number of amides is 1. The molecule has 0 aliphatic heterocycles. The number of nitrogens with zero attached hydrogens (tertiary/aromatic N) is 4. The van der Waals surface area contributed by atoms with Crippen LogP contribution < -0.4 is 4.74 Å². The first-order valence-corrected chi connectivity index (χ1v) is 11.8. The number of carbonyl (C=O) groups is 1. The molecule has 9 heteroatoms. The zero-order valence-corrected chi connectivity index (χ0v) is 20.9. The molecule has 0 bridgehead atoms. The normalized spacial score (nSPS) is 12.5. The van der Waals surface area contributed by atoms with Gasteiger partial charge in [-0.1, -0.05) is 12.1 Å². The summed E-state index contributed by atoms with van der Waals surface area (Å²) in [7, 11) is 4.87. The summed E-state index contributed by atoms with van der Waals surface area (Å²) in [5, 5.41) is 20.3. The lowest BCUT2D eigenvalue weighted by molar-refractivity contribution is -0.840. The van der Waals surface area contributed by atoms with E-state index in [1.54, 1.807) is 75.0 Å². The Morgan fingerprint density at radius 1 is 1.19 bits per heavy atom. The molecule has 0 spiro atoms. The minimum Gasteiger partial charge on any atom is -0.633 e. The number of pyridine rings is 1. The molecule has 8 nitrogen and oxygen atoms in total. The van der Waals surface area contributed by atoms with Crippen LogP contribution in [0, 0.1) is 11.0 Å². The number of hydrogen-bond donors (Lipinski definition) is 1. The lowest BCUT2D eigenvalue weighted by Gasteiger charge is -2.37. The maximum absolute atomic E-state index is 13.8. The maximum Gasteiger partial charge on any atom is 0.254 e. The first-order chi connectivity index (χ1) is 17.2. The van der Waals surface area contributed by atoms with Crippen molar-refractivity contribution >= 4 is 16.8 Å². The second kappa shape index (κ2) is 10.4. The van der Waals surface area contributed by atoms with Crippen molar-refractivity contribution in [1.29, 1.82) is 0 Å². The molecule has 36 heavy (non-hydrogen) atoms. The maximum atomic E-state index is 13.8. The summed E-state index contributed by atoms with van der Waals surface area (Å²) < 4.78 is 19.2. The summed E-state index contributed by atoms with van der Waals surface area (Å²) >= 11 is 0. The van der Waals surface area contributed by atoms with Gasteiger partial charge in [-0.25, -0.2) is 4.39 Å². The quantitative estimate of drug-likeness (QED) is 0.264. The van der Waals surface area contributed by atoms with Gasteiger partial charge in [0.25, 0.3) is 5.91 Å². The Morgan fingerprint density at radius 2 is 2.00 bits per heavy atom. The van der Waals surface area contributed by atoms with Gasteiger partial charge in [0.05, 0.1) is 45.0 Å². The molecule has 0 saturated carbocycles. The SMILES string of the molecule is CCOc1cc(C(=O)N(C)[C@H](CC[N+](C)(C)[O-])c2cncc3cn[nH]c23)ccc1-c1cccc(F)c1. The van der Waals surface area contributed by atoms with Crippen molar-refractivity contribution in [2.24, 2.45) is 0 Å². The van der Waals surface area contributed by atoms with E-state index in [1.165, 1.54) is 12.1 Å². The largest absolute Gasteiger partial charge is 0.633 e. The van der Waals surface area contributed by atoms with Crippen LogP contribution in [-0.4, -0.2) is 64.9 Å². The van der Waals surface area contributed by atoms with E-state index in [0.29, 0.717) is 42.0 Å². The summed E-state index contributed by atoms with van der Waals surface area (Å²) in [5.41, 5.74) is 3.35. The van der Waals surface area contributed by atoms with Crippen molar-refractivity contribution in [2.45, 2.75) is 19.4 Å². The van der Waals surface area contributed by atoms with Crippen molar-refractivity contribution in [3.8, 4) is 16.9 Å². The molecule has 0 unspecified atom stereocenters. The van der Waals surface area contributed by atoms with Crippen LogP contribution in [0.25, 0.3) is 22.0 Å². The van der Waals surface area contributed by atoms with E-state index in [2.05, 4.69) is 15.2 Å². The lowest BCUT2D eigenvalue weighted by Crippen LogP contribution is -2.38. The summed E-state index contributed by atoms with van der Waals surface area (Å²) in [4.78, 5) is 19.6. The van der Waals surface area contributed by atoms with Crippen LogP contribution in [0.3, 0.4) is 0 Å². The zero-order valence-electron chi connectivity index (χ0n) is 20.9. The van der Waals surface area contributed by atoms with Gasteiger partial charge in [-0.3, -0.25) is 14.9 Å². The van der Waals surface area contributed by atoms with Gasteiger partial charge >= 0.3 is 0 Å². The molecule has 2 aromatic heterocycles. The van der Waals surface area contributed by atoms with E-state index < -0.39 is 10.7 Å². The zero-order chi connectivity index (χ0) is 25.9. The van der Waals surface area contributed by atoms with Gasteiger partial charge in [0.1, 0.15) is 11.6 Å². The van der Waals surface area contributed by atoms with Crippen LogP contribution >= 0.6 is 0 Å². The van der Waals surface area contributed by atoms with Crippen molar-refractivity contribution in [3.05, 3.63) is 83.2 Å². The fourth-order valence-corrected chi connectivity index (χ4v) is 4.30. The van der Waals surface area contributed by atoms with Crippen LogP contribution in [0.5, 0.6) is 5.75 Å². The highest BCUT2D eigenvalue weighted by Gasteiger charge is 2.27. The number of hydroxylamine groups is 3. The molecule has 2 aromatic carbocycles. The first-order valence-electron chi connectivity index (χ1n) is 11.8. The van der Waals surface area contributed by atoms with E-state index >= 15 is 0 Å². The van der Waals surface area contributed by atoms with Gasteiger partial charge in [-0.05, 0) is 42.8 Å². The molecule has 4 rings (SSSR count). The third-order valence-electron chi connectivity index (χ3n) is 6.14. The van der Waals surface area contributed by atoms with Gasteiger partial charge < -0.3 is 19.5 Å². The van der Waals surface area contributed by atoms with Crippen molar-refractivity contribution in [2.75, 3.05) is 34.3 Å². The number of benzene rings is 2. The van der Waals surface area contributed by atoms with Crippen LogP contribution in [0.15, 0.2) is 61.1 Å². The number of rotatable bonds is 9. The Balaban J connectivity index is 1.71. The lowest BCUT2D eigenvalue weighted by atomic mass is 9.99. The Kier molecular flexibility index (Phi) is 7.32. The molecule has 0 aliphatic carbocycles. The second-order valence-electron chi connectivity index (χ2n) is 9.24. The molecule has 1 N–H and O–H groups in total. The topological polar surface area (TPSA) is 94.2 Å². The van der Waals surface area contributed by atoms with E-state index in [4.69, 9.17) is 4.74 Å². The van der Waals surface area contributed by atoms with Gasteiger partial charge in [-0.2, -0.15) is 5.10 Å². The van der Waals surface area contributed by atoms with Gasteiger partial charge in [0.2, 0.25) is 0 Å². The minimum absolute atomic E-state index is 0.237. The number of aromatic amines is 1. The Morgan fingerprint density at radius 3 is 2.72 bits per heavy atom. The third kappa shape index (κ3) is 5.53. The monoisotopic (exact) mass is 491 g/mol. The number of nitrogens with one attached hydrogen (secondary N) is 1. The Labute approximate surface area is 209 Å². The first kappa shape index (κ1) is 25.3. The highest BCUT2D eigenvalue weighted by molar-refractivity contribution is 5.96. The second-order valence-corrected chi connectivity index (χ2v) is 9.24. The number of carbonyl (C=O) groups excluding carboxylic acids is 1. The molecule has 4 aromatic rings. The Bertz CT molecular complexity index is 1370. The highest BCUT2D eigenvalue weighted by atomic mass is 19.1. The molecule has 0 radical (unpaired) electrons. The fourth-order valence-electron chi connectivity index (χ4n) is 4.30. The van der Waals surface area contributed by atoms with Crippen molar-refractivity contribution in [1.82, 2.24) is 20.1 Å². The summed E-state index contributed by atoms with van der Waals surface area (Å²) in [6, 6.07) is 11.0. The molecule has 2 heterocycles. The van der Waals surface area contributed by atoms with Crippen LogP contribution in [0.1, 0.15) is 35.3 Å². The number of ether oxygens (including phenoxy) is 1. The number of H-pyrrole nitrogens is 1. The standard InChI is InChI=1S/C27H30FN5O3/c1-5-36-25-14-19(9-10-22(25)18-7-6-8-21(28)13-18)27(34)32(2)24(11-12-33(3,4)35)23-17-29-15-20-16-30-31-26(20)23/h6-10,13-17,24H,5,11-12H2,1-4H3,(H,30,31)/t24-/m1/s1. The molecule has 0 aliphatic rings. The van der Waals surface area contributed by atoms with Crippen LogP contribution in [0.2, 0.25) is 0 Å². The molecule has 1 atom stereocenters. The third-order valence-corrected chi connectivity index (χ3v) is 6.14. The summed E-state index contributed by atoms with van der Waals surface area (Å²) in [5.74, 6) is -0.0907. The minimum atomic E-state index is -0.484. The number of quaternary nitrogens is 1. The average molecular weight is 492 g/mol. The smallest absolute Gasteiger partial charge is 0.254 e. The molecule has 188 valence electrons. The van der Waals surface area contributed by atoms with Crippen LogP contribution in [-0.2, 0) is 0 Å². The number of aromatic nitrogens is 3. The summed E-state index contributed by atoms with van der Waals surface area (Å²) in [6.07, 6.45) is 5.52. The molecule has 1 amide bonds. The average Bonchev–Trinajstić information content (AvgIpc) is 3.33. The molecular formula is C27H30FN5O3. The number of fused-ring (bicyclic) bond motifs is 1. The van der Waals surface area contributed by atoms with Crippen molar-refractivity contribution < 1.29 is 18.6 Å². The fraction of sp³-hybridized carbons (Fsp3) is 0.296. The van der Waals surface area contributed by atoms with E-state index in [9.17, 15) is 14.4 Å². The molecule has 0 fully saturated rings. The molecule has 0 saturated heterocycles.